The van der Waals surface area contributed by atoms with E-state index in [0.717, 1.165) is 18.7 Å². The van der Waals surface area contributed by atoms with Crippen LogP contribution in [0.4, 0.5) is 21.5 Å². The first-order valence-corrected chi connectivity index (χ1v) is 13.6. The van der Waals surface area contributed by atoms with Gasteiger partial charge in [-0.1, -0.05) is 12.1 Å². The summed E-state index contributed by atoms with van der Waals surface area (Å²) in [4.78, 5) is 7.07. The van der Waals surface area contributed by atoms with Crippen LogP contribution in [0, 0.1) is 12.7 Å². The summed E-state index contributed by atoms with van der Waals surface area (Å²) in [5.74, 6) is -0.657. The monoisotopic (exact) mass is 524 g/mol. The molecule has 0 radical (unpaired) electrons. The van der Waals surface area contributed by atoms with Crippen LogP contribution in [0.2, 0.25) is 0 Å². The van der Waals surface area contributed by atoms with Crippen molar-refractivity contribution in [1.29, 1.82) is 0 Å². The number of hydrogen-bond donors (Lipinski definition) is 5. The first kappa shape index (κ1) is 25.0. The number of sulfonamides is 1. The van der Waals surface area contributed by atoms with Gasteiger partial charge in [0.25, 0.3) is 0 Å². The molecule has 0 aliphatic carbocycles. The van der Waals surface area contributed by atoms with Gasteiger partial charge in [0.2, 0.25) is 16.0 Å². The molecule has 0 atom stereocenters. The molecule has 2 heterocycles. The van der Waals surface area contributed by atoms with Gasteiger partial charge in [0, 0.05) is 24.3 Å². The summed E-state index contributed by atoms with van der Waals surface area (Å²) in [6, 6.07) is 14.5. The number of likely N-dealkylation sites (tertiary alicyclic amines) is 1. The van der Waals surface area contributed by atoms with Gasteiger partial charge in [-0.25, -0.2) is 22.5 Å². The number of rotatable bonds is 7. The number of aliphatic imine (C=N–C) groups is 1. The Morgan fingerprint density at radius 3 is 2.59 bits per heavy atom. The van der Waals surface area contributed by atoms with Crippen LogP contribution in [0.1, 0.15) is 18.4 Å². The molecule has 0 saturated carbocycles. The number of benzene rings is 3. The van der Waals surface area contributed by atoms with E-state index in [1.807, 2.05) is 6.92 Å². The molecule has 11 heteroatoms. The number of aryl methyl sites for hydroxylation is 1. The maximum Gasteiger partial charge on any atom is 0.240 e. The topological polar surface area (TPSA) is 118 Å². The lowest BCUT2D eigenvalue weighted by molar-refractivity contribution is 0.344. The molecule has 2 aliphatic heterocycles. The summed E-state index contributed by atoms with van der Waals surface area (Å²) in [6.45, 7) is 5.01. The standard InChI is InChI=1S/C26H29FN6O3S/c1-17-15-18(21-5-4-6-23(34)24(21)27)16-22-25(17)30-26(32-31-22)29-19-7-9-20(10-8-19)37(35,36)28-11-14-33-12-2-3-13-33/h4-10,15-16,28,31,34H,2-3,11-14H2,1H3,(H2,29,30,32). The van der Waals surface area contributed by atoms with E-state index in [1.54, 1.807) is 48.5 Å². The zero-order valence-electron chi connectivity index (χ0n) is 20.4. The van der Waals surface area contributed by atoms with Gasteiger partial charge in [0.15, 0.2) is 11.6 Å². The van der Waals surface area contributed by atoms with E-state index in [1.165, 1.54) is 18.9 Å². The number of nitrogens with one attached hydrogen (secondary N) is 4. The second-order valence-corrected chi connectivity index (χ2v) is 10.9. The maximum atomic E-state index is 14.4. The van der Waals surface area contributed by atoms with Crippen LogP contribution in [0.25, 0.3) is 11.1 Å². The van der Waals surface area contributed by atoms with E-state index >= 15 is 0 Å². The number of phenolic OH excluding ortho intramolecular Hbond substituents is 1. The maximum absolute atomic E-state index is 14.4. The normalized spacial score (nSPS) is 15.5. The minimum atomic E-state index is -3.59. The van der Waals surface area contributed by atoms with Crippen LogP contribution < -0.4 is 20.9 Å². The highest BCUT2D eigenvalue weighted by molar-refractivity contribution is 7.89. The van der Waals surface area contributed by atoms with Crippen molar-refractivity contribution in [1.82, 2.24) is 15.0 Å². The molecule has 9 nitrogen and oxygen atoms in total. The fourth-order valence-corrected chi connectivity index (χ4v) is 5.55. The van der Waals surface area contributed by atoms with Crippen molar-refractivity contribution in [3.05, 3.63) is 66.0 Å². The molecule has 194 valence electrons. The summed E-state index contributed by atoms with van der Waals surface area (Å²) < 4.78 is 42.3. The van der Waals surface area contributed by atoms with Crippen molar-refractivity contribution < 1.29 is 17.9 Å². The third kappa shape index (κ3) is 5.53. The van der Waals surface area contributed by atoms with Gasteiger partial charge in [-0.2, -0.15) is 0 Å². The first-order chi connectivity index (χ1) is 17.8. The number of guanidine groups is 1. The Labute approximate surface area is 215 Å². The molecule has 3 aromatic carbocycles. The van der Waals surface area contributed by atoms with Crippen molar-refractivity contribution in [3.63, 3.8) is 0 Å². The van der Waals surface area contributed by atoms with Crippen LogP contribution in [-0.4, -0.2) is 50.6 Å². The number of hydrazine groups is 1. The Bertz CT molecular complexity index is 1440. The minimum Gasteiger partial charge on any atom is -0.505 e. The number of halogens is 1. The molecule has 5 rings (SSSR count). The molecule has 0 amide bonds. The van der Waals surface area contributed by atoms with Gasteiger partial charge < -0.3 is 15.3 Å². The van der Waals surface area contributed by atoms with Gasteiger partial charge in [0.05, 0.1) is 16.3 Å². The van der Waals surface area contributed by atoms with Crippen molar-refractivity contribution in [2.45, 2.75) is 24.7 Å². The average molecular weight is 525 g/mol. The highest BCUT2D eigenvalue weighted by atomic mass is 32.2. The zero-order chi connectivity index (χ0) is 26.0. The minimum absolute atomic E-state index is 0.198. The second-order valence-electron chi connectivity index (χ2n) is 9.13. The molecular weight excluding hydrogens is 495 g/mol. The lowest BCUT2D eigenvalue weighted by Crippen LogP contribution is -2.37. The van der Waals surface area contributed by atoms with Crippen molar-refractivity contribution >= 4 is 33.0 Å². The molecule has 0 unspecified atom stereocenters. The van der Waals surface area contributed by atoms with E-state index in [4.69, 9.17) is 0 Å². The number of anilines is 2. The first-order valence-electron chi connectivity index (χ1n) is 12.1. The van der Waals surface area contributed by atoms with Gasteiger partial charge in [-0.15, -0.1) is 0 Å². The van der Waals surface area contributed by atoms with E-state index in [-0.39, 0.29) is 4.90 Å². The average Bonchev–Trinajstić information content (AvgIpc) is 3.40. The summed E-state index contributed by atoms with van der Waals surface area (Å²) >= 11 is 0. The molecule has 0 spiro atoms. The predicted octanol–water partition coefficient (Wildman–Crippen LogP) is 3.91. The predicted molar refractivity (Wildman–Crippen MR) is 143 cm³/mol. The summed E-state index contributed by atoms with van der Waals surface area (Å²) in [5, 5.41) is 12.8. The van der Waals surface area contributed by atoms with E-state index < -0.39 is 21.6 Å². The van der Waals surface area contributed by atoms with Crippen molar-refractivity contribution in [3.8, 4) is 16.9 Å². The fourth-order valence-electron chi connectivity index (χ4n) is 4.53. The van der Waals surface area contributed by atoms with Crippen LogP contribution >= 0.6 is 0 Å². The number of fused-ring (bicyclic) bond motifs is 1. The highest BCUT2D eigenvalue weighted by Crippen LogP contribution is 2.37. The van der Waals surface area contributed by atoms with Crippen LogP contribution in [-0.2, 0) is 10.0 Å². The van der Waals surface area contributed by atoms with E-state index in [2.05, 4.69) is 30.8 Å². The Morgan fingerprint density at radius 2 is 1.84 bits per heavy atom. The number of aromatic hydroxyl groups is 1. The fraction of sp³-hybridized carbons (Fsp3) is 0.269. The largest absolute Gasteiger partial charge is 0.505 e. The molecule has 1 saturated heterocycles. The molecule has 0 aromatic heterocycles. The molecule has 5 N–H and O–H groups in total. The quantitative estimate of drug-likeness (QED) is 0.318. The third-order valence-electron chi connectivity index (χ3n) is 6.48. The Kier molecular flexibility index (Phi) is 7.00. The van der Waals surface area contributed by atoms with Gasteiger partial charge in [-0.3, -0.25) is 10.9 Å². The van der Waals surface area contributed by atoms with Crippen LogP contribution in [0.5, 0.6) is 5.75 Å². The number of hydrogen-bond acceptors (Lipinski definition) is 8. The Balaban J connectivity index is 1.27. The molecule has 2 aliphatic rings. The molecule has 0 bridgehead atoms. The molecule has 1 fully saturated rings. The van der Waals surface area contributed by atoms with Gasteiger partial charge in [0.1, 0.15) is 0 Å². The molecule has 3 aromatic rings. The smallest absolute Gasteiger partial charge is 0.240 e. The Morgan fingerprint density at radius 1 is 1.08 bits per heavy atom. The highest BCUT2D eigenvalue weighted by Gasteiger charge is 2.19. The lowest BCUT2D eigenvalue weighted by atomic mass is 10.00. The number of nitrogens with zero attached hydrogens (tertiary/aromatic N) is 2. The SMILES string of the molecule is Cc1cc(-c2cccc(O)c2F)cc2c1N=C(Nc1ccc(S(=O)(=O)NCCN3CCCC3)cc1)NN2. The van der Waals surface area contributed by atoms with E-state index in [9.17, 15) is 17.9 Å². The lowest BCUT2D eigenvalue weighted by Gasteiger charge is -2.22. The Hall–Kier alpha value is -3.67. The van der Waals surface area contributed by atoms with Crippen molar-refractivity contribution in [2.75, 3.05) is 36.9 Å². The summed E-state index contributed by atoms with van der Waals surface area (Å²) in [5.41, 5.74) is 9.72. The van der Waals surface area contributed by atoms with Crippen LogP contribution in [0.3, 0.4) is 0 Å². The van der Waals surface area contributed by atoms with Crippen molar-refractivity contribution in [2.24, 2.45) is 4.99 Å². The van der Waals surface area contributed by atoms with Gasteiger partial charge >= 0.3 is 0 Å². The van der Waals surface area contributed by atoms with E-state index in [0.29, 0.717) is 47.2 Å². The summed E-state index contributed by atoms with van der Waals surface area (Å²) in [7, 11) is -3.59. The second kappa shape index (κ2) is 10.4. The van der Waals surface area contributed by atoms with Crippen LogP contribution in [0.15, 0.2) is 64.5 Å². The van der Waals surface area contributed by atoms with Gasteiger partial charge in [-0.05, 0) is 86.4 Å². The third-order valence-corrected chi connectivity index (χ3v) is 7.95. The molecule has 37 heavy (non-hydrogen) atoms. The zero-order valence-corrected chi connectivity index (χ0v) is 21.2. The molecular formula is C26H29FN6O3S. The summed E-state index contributed by atoms with van der Waals surface area (Å²) in [6.07, 6.45) is 2.34. The number of phenols is 1.